The molecular weight excluding hydrogens is 380 g/mol. The van der Waals surface area contributed by atoms with Gasteiger partial charge in [0.25, 0.3) is 0 Å². The van der Waals surface area contributed by atoms with Gasteiger partial charge in [0.1, 0.15) is 10.8 Å². The zero-order chi connectivity index (χ0) is 18.7. The molecule has 3 aromatic rings. The Morgan fingerprint density at radius 3 is 2.73 bits per heavy atom. The quantitative estimate of drug-likeness (QED) is 0.687. The molecule has 26 heavy (non-hydrogen) atoms. The lowest BCUT2D eigenvalue weighted by Gasteiger charge is -2.06. The highest BCUT2D eigenvalue weighted by Crippen LogP contribution is 2.23. The Balaban J connectivity index is 1.63. The summed E-state index contributed by atoms with van der Waals surface area (Å²) in [5.41, 5.74) is 1.33. The molecule has 0 unspecified atom stereocenters. The van der Waals surface area contributed by atoms with Crippen LogP contribution >= 0.6 is 23.2 Å². The standard InChI is InChI=1S/C17H16Cl2FN5O/c1-11-7-21-24(8-11)6-5-16(26)22-17-14(19)10-25(23-17)9-12-13(18)3-2-4-15(12)20/h2-4,7-8,10H,5-6,9H2,1H3,(H,22,23,26). The van der Waals surface area contributed by atoms with Gasteiger partial charge in [-0.2, -0.15) is 10.2 Å². The summed E-state index contributed by atoms with van der Waals surface area (Å²) in [6.07, 6.45) is 5.32. The Hall–Kier alpha value is -2.38. The zero-order valence-corrected chi connectivity index (χ0v) is 15.4. The van der Waals surface area contributed by atoms with Gasteiger partial charge in [-0.15, -0.1) is 0 Å². The predicted molar refractivity (Wildman–Crippen MR) is 98.0 cm³/mol. The molecule has 0 radical (unpaired) electrons. The van der Waals surface area contributed by atoms with Gasteiger partial charge in [0.05, 0.1) is 12.7 Å². The summed E-state index contributed by atoms with van der Waals surface area (Å²) < 4.78 is 17.0. The lowest BCUT2D eigenvalue weighted by Crippen LogP contribution is -2.15. The Bertz CT molecular complexity index is 917. The van der Waals surface area contributed by atoms with Gasteiger partial charge in [-0.25, -0.2) is 4.39 Å². The fraction of sp³-hybridized carbons (Fsp3) is 0.235. The number of aryl methyl sites for hydroxylation is 2. The van der Waals surface area contributed by atoms with E-state index in [0.717, 1.165) is 5.56 Å². The summed E-state index contributed by atoms with van der Waals surface area (Å²) in [5, 5.41) is 11.5. The van der Waals surface area contributed by atoms with Gasteiger partial charge in [-0.1, -0.05) is 29.3 Å². The molecule has 2 heterocycles. The Morgan fingerprint density at radius 2 is 2.04 bits per heavy atom. The van der Waals surface area contributed by atoms with Crippen molar-refractivity contribution in [2.45, 2.75) is 26.4 Å². The number of carbonyl (C=O) groups is 1. The first-order valence-electron chi connectivity index (χ1n) is 7.87. The maximum Gasteiger partial charge on any atom is 0.227 e. The highest BCUT2D eigenvalue weighted by Gasteiger charge is 2.13. The summed E-state index contributed by atoms with van der Waals surface area (Å²) >= 11 is 12.1. The molecule has 0 bridgehead atoms. The average molecular weight is 396 g/mol. The first kappa shape index (κ1) is 18.4. The molecule has 0 spiro atoms. The van der Waals surface area contributed by atoms with Gasteiger partial charge in [-0.3, -0.25) is 14.2 Å². The van der Waals surface area contributed by atoms with Gasteiger partial charge in [0, 0.05) is 35.9 Å². The molecule has 0 saturated heterocycles. The number of hydrogen-bond acceptors (Lipinski definition) is 3. The zero-order valence-electron chi connectivity index (χ0n) is 13.9. The van der Waals surface area contributed by atoms with Crippen molar-refractivity contribution in [1.29, 1.82) is 0 Å². The summed E-state index contributed by atoms with van der Waals surface area (Å²) in [5.74, 6) is -0.445. The van der Waals surface area contributed by atoms with Crippen molar-refractivity contribution in [2.24, 2.45) is 0 Å². The van der Waals surface area contributed by atoms with Crippen LogP contribution in [0.4, 0.5) is 10.2 Å². The van der Waals surface area contributed by atoms with E-state index in [0.29, 0.717) is 17.1 Å². The number of aromatic nitrogens is 4. The first-order valence-corrected chi connectivity index (χ1v) is 8.62. The van der Waals surface area contributed by atoms with E-state index in [1.54, 1.807) is 16.9 Å². The summed E-state index contributed by atoms with van der Waals surface area (Å²) in [6.45, 7) is 2.48. The van der Waals surface area contributed by atoms with Crippen LogP contribution in [0.15, 0.2) is 36.8 Å². The van der Waals surface area contributed by atoms with Crippen molar-refractivity contribution >= 4 is 34.9 Å². The smallest absolute Gasteiger partial charge is 0.227 e. The van der Waals surface area contributed by atoms with Crippen LogP contribution in [0, 0.1) is 12.7 Å². The fourth-order valence-electron chi connectivity index (χ4n) is 2.41. The molecule has 0 aliphatic rings. The average Bonchev–Trinajstić information content (AvgIpc) is 3.15. The number of nitrogens with one attached hydrogen (secondary N) is 1. The molecule has 0 fully saturated rings. The van der Waals surface area contributed by atoms with Crippen molar-refractivity contribution in [3.63, 3.8) is 0 Å². The van der Waals surface area contributed by atoms with E-state index in [4.69, 9.17) is 23.2 Å². The number of amides is 1. The van der Waals surface area contributed by atoms with Crippen LogP contribution in [-0.2, 0) is 17.9 Å². The third kappa shape index (κ3) is 4.42. The topological polar surface area (TPSA) is 64.7 Å². The van der Waals surface area contributed by atoms with Gasteiger partial charge < -0.3 is 5.32 Å². The molecule has 6 nitrogen and oxygen atoms in total. The van der Waals surface area contributed by atoms with E-state index >= 15 is 0 Å². The highest BCUT2D eigenvalue weighted by atomic mass is 35.5. The van der Waals surface area contributed by atoms with Crippen molar-refractivity contribution in [2.75, 3.05) is 5.32 Å². The number of anilines is 1. The Morgan fingerprint density at radius 1 is 1.23 bits per heavy atom. The molecule has 1 aromatic carbocycles. The normalized spacial score (nSPS) is 10.9. The number of carbonyl (C=O) groups excluding carboxylic acids is 1. The van der Waals surface area contributed by atoms with E-state index in [1.165, 1.54) is 23.0 Å². The van der Waals surface area contributed by atoms with Crippen molar-refractivity contribution < 1.29 is 9.18 Å². The fourth-order valence-corrected chi connectivity index (χ4v) is 2.83. The third-order valence-electron chi connectivity index (χ3n) is 3.69. The summed E-state index contributed by atoms with van der Waals surface area (Å²) in [4.78, 5) is 12.1. The minimum Gasteiger partial charge on any atom is -0.308 e. The minimum atomic E-state index is -0.427. The van der Waals surface area contributed by atoms with Crippen molar-refractivity contribution in [3.8, 4) is 0 Å². The van der Waals surface area contributed by atoms with Crippen LogP contribution in [0.3, 0.4) is 0 Å². The number of rotatable bonds is 6. The van der Waals surface area contributed by atoms with Crippen LogP contribution < -0.4 is 5.32 Å². The van der Waals surface area contributed by atoms with E-state index in [9.17, 15) is 9.18 Å². The van der Waals surface area contributed by atoms with Crippen molar-refractivity contribution in [3.05, 3.63) is 63.8 Å². The van der Waals surface area contributed by atoms with Gasteiger partial charge in [-0.05, 0) is 24.6 Å². The van der Waals surface area contributed by atoms with Crippen LogP contribution in [0.5, 0.6) is 0 Å². The third-order valence-corrected chi connectivity index (χ3v) is 4.32. The first-order chi connectivity index (χ1) is 12.4. The van der Waals surface area contributed by atoms with Crippen molar-refractivity contribution in [1.82, 2.24) is 19.6 Å². The molecule has 1 N–H and O–H groups in total. The maximum atomic E-state index is 13.9. The summed E-state index contributed by atoms with van der Waals surface area (Å²) in [6, 6.07) is 4.46. The second kappa shape index (κ2) is 7.88. The lowest BCUT2D eigenvalue weighted by atomic mass is 10.2. The number of benzene rings is 1. The molecule has 0 atom stereocenters. The van der Waals surface area contributed by atoms with Crippen LogP contribution in [0.2, 0.25) is 10.0 Å². The minimum absolute atomic E-state index is 0.105. The Labute approximate surface area is 159 Å². The second-order valence-electron chi connectivity index (χ2n) is 5.80. The van der Waals surface area contributed by atoms with Gasteiger partial charge in [0.15, 0.2) is 5.82 Å². The molecule has 0 aliphatic carbocycles. The lowest BCUT2D eigenvalue weighted by molar-refractivity contribution is -0.116. The Kier molecular flexibility index (Phi) is 5.58. The van der Waals surface area contributed by atoms with Gasteiger partial charge >= 0.3 is 0 Å². The van der Waals surface area contributed by atoms with E-state index in [1.807, 2.05) is 13.1 Å². The molecule has 2 aromatic heterocycles. The van der Waals surface area contributed by atoms with E-state index < -0.39 is 5.82 Å². The molecular formula is C17H16Cl2FN5O. The highest BCUT2D eigenvalue weighted by molar-refractivity contribution is 6.33. The molecule has 0 saturated carbocycles. The monoisotopic (exact) mass is 395 g/mol. The van der Waals surface area contributed by atoms with Crippen LogP contribution in [0.1, 0.15) is 17.5 Å². The van der Waals surface area contributed by atoms with Crippen LogP contribution in [0.25, 0.3) is 0 Å². The van der Waals surface area contributed by atoms with E-state index in [-0.39, 0.29) is 29.7 Å². The second-order valence-corrected chi connectivity index (χ2v) is 6.62. The molecule has 0 aliphatic heterocycles. The van der Waals surface area contributed by atoms with E-state index in [2.05, 4.69) is 15.5 Å². The largest absolute Gasteiger partial charge is 0.308 e. The number of hydrogen-bond donors (Lipinski definition) is 1. The maximum absolute atomic E-state index is 13.9. The predicted octanol–water partition coefficient (Wildman–Crippen LogP) is 3.91. The molecule has 9 heteroatoms. The number of nitrogens with zero attached hydrogens (tertiary/aromatic N) is 4. The molecule has 3 rings (SSSR count). The molecule has 1 amide bonds. The summed E-state index contributed by atoms with van der Waals surface area (Å²) in [7, 11) is 0. The SMILES string of the molecule is Cc1cnn(CCC(=O)Nc2nn(Cc3c(F)cccc3Cl)cc2Cl)c1. The number of halogens is 3. The molecule has 136 valence electrons. The van der Waals surface area contributed by atoms with Crippen LogP contribution in [-0.4, -0.2) is 25.5 Å². The van der Waals surface area contributed by atoms with Gasteiger partial charge in [0.2, 0.25) is 5.91 Å².